The molecule has 2 aromatic carbocycles. The monoisotopic (exact) mass is 620 g/mol. The number of nitrogens with two attached hydrogens (primary N) is 1. The quantitative estimate of drug-likeness (QED) is 0.216. The number of ether oxygens (including phenoxy) is 1. The first-order valence-electron chi connectivity index (χ1n) is 16.1. The number of hydrogen-bond acceptors (Lipinski definition) is 8. The fourth-order valence-electron chi connectivity index (χ4n) is 8.69. The van der Waals surface area contributed by atoms with E-state index in [2.05, 4.69) is 21.0 Å². The van der Waals surface area contributed by atoms with Crippen LogP contribution in [0.15, 0.2) is 42.7 Å². The first kappa shape index (κ1) is 27.8. The number of terminal acetylenes is 1. The summed E-state index contributed by atoms with van der Waals surface area (Å²) in [7, 11) is 0. The number of nitrogens with one attached hydrogen (secondary N) is 1. The Morgan fingerprint density at radius 2 is 1.98 bits per heavy atom. The van der Waals surface area contributed by atoms with Gasteiger partial charge in [0.05, 0.1) is 16.6 Å². The number of nitrogens with zero attached hydrogens (tertiary/aromatic N) is 6. The Morgan fingerprint density at radius 1 is 1.13 bits per heavy atom. The average Bonchev–Trinajstić information content (AvgIpc) is 3.80. The minimum atomic E-state index is -0.851. The van der Waals surface area contributed by atoms with Gasteiger partial charge in [0.2, 0.25) is 0 Å². The van der Waals surface area contributed by atoms with Crippen molar-refractivity contribution in [2.75, 3.05) is 43.4 Å². The number of aromatic nitrogens is 4. The first-order valence-corrected chi connectivity index (χ1v) is 16.1. The van der Waals surface area contributed by atoms with E-state index in [1.54, 1.807) is 18.3 Å². The SMILES string of the molecule is C#Cc1c(F)ccc2cc(N)cc(-c3cc4nc(OC[C@@]56CCCN5C[C@H](F)C6)nc(N5C6CCC5CNC6)c4n4ccnc34)c12. The Kier molecular flexibility index (Phi) is 6.18. The summed E-state index contributed by atoms with van der Waals surface area (Å²) in [6, 6.07) is 9.48. The van der Waals surface area contributed by atoms with Gasteiger partial charge in [0.25, 0.3) is 0 Å². The number of benzene rings is 2. The van der Waals surface area contributed by atoms with Crippen molar-refractivity contribution in [1.29, 1.82) is 0 Å². The molecular weight excluding hydrogens is 586 g/mol. The molecule has 11 heteroatoms. The molecule has 3 N–H and O–H groups in total. The number of fused-ring (bicyclic) bond motifs is 7. The minimum Gasteiger partial charge on any atom is -0.461 e. The number of rotatable bonds is 5. The van der Waals surface area contributed by atoms with E-state index in [0.717, 1.165) is 62.0 Å². The summed E-state index contributed by atoms with van der Waals surface area (Å²) in [5.41, 5.74) is 10.3. The number of piperazine rings is 1. The Morgan fingerprint density at radius 3 is 2.80 bits per heavy atom. The number of imidazole rings is 1. The summed E-state index contributed by atoms with van der Waals surface area (Å²) in [4.78, 5) is 19.5. The highest BCUT2D eigenvalue weighted by Crippen LogP contribution is 2.43. The van der Waals surface area contributed by atoms with E-state index in [-0.39, 0.29) is 29.2 Å². The molecule has 4 aliphatic heterocycles. The van der Waals surface area contributed by atoms with E-state index < -0.39 is 12.0 Å². The van der Waals surface area contributed by atoms with Gasteiger partial charge in [0, 0.05) is 67.2 Å². The van der Waals surface area contributed by atoms with Gasteiger partial charge in [-0.1, -0.05) is 12.0 Å². The molecule has 0 radical (unpaired) electrons. The van der Waals surface area contributed by atoms with E-state index in [1.165, 1.54) is 6.07 Å². The van der Waals surface area contributed by atoms with E-state index in [9.17, 15) is 4.39 Å². The van der Waals surface area contributed by atoms with Crippen molar-refractivity contribution in [2.24, 2.45) is 0 Å². The van der Waals surface area contributed by atoms with Crippen LogP contribution in [0.4, 0.5) is 20.3 Å². The number of anilines is 2. The molecule has 234 valence electrons. The molecule has 0 aliphatic carbocycles. The summed E-state index contributed by atoms with van der Waals surface area (Å²) < 4.78 is 38.1. The lowest BCUT2D eigenvalue weighted by atomic mass is 9.94. The van der Waals surface area contributed by atoms with Crippen LogP contribution in [0.1, 0.15) is 37.7 Å². The predicted molar refractivity (Wildman–Crippen MR) is 174 cm³/mol. The molecular formula is C35H34F2N8O. The van der Waals surface area contributed by atoms with Crippen molar-refractivity contribution in [2.45, 2.75) is 55.9 Å². The van der Waals surface area contributed by atoms with Crippen molar-refractivity contribution < 1.29 is 13.5 Å². The van der Waals surface area contributed by atoms with Gasteiger partial charge >= 0.3 is 6.01 Å². The van der Waals surface area contributed by atoms with Crippen LogP contribution in [0, 0.1) is 18.2 Å². The van der Waals surface area contributed by atoms with E-state index in [0.29, 0.717) is 52.9 Å². The molecule has 4 saturated heterocycles. The summed E-state index contributed by atoms with van der Waals surface area (Å²) in [5, 5.41) is 4.90. The summed E-state index contributed by atoms with van der Waals surface area (Å²) in [5.74, 6) is 2.88. The van der Waals surface area contributed by atoms with Gasteiger partial charge in [-0.15, -0.1) is 6.42 Å². The van der Waals surface area contributed by atoms with Crippen LogP contribution in [0.2, 0.25) is 0 Å². The number of alkyl halides is 1. The van der Waals surface area contributed by atoms with Crippen molar-refractivity contribution in [3.05, 3.63) is 54.1 Å². The average molecular weight is 621 g/mol. The topological polar surface area (TPSA) is 96.8 Å². The van der Waals surface area contributed by atoms with Gasteiger partial charge in [-0.25, -0.2) is 13.8 Å². The third-order valence-corrected chi connectivity index (χ3v) is 10.7. The molecule has 9 rings (SSSR count). The third kappa shape index (κ3) is 4.09. The Hall–Kier alpha value is -4.53. The van der Waals surface area contributed by atoms with Crippen molar-refractivity contribution >= 4 is 39.0 Å². The summed E-state index contributed by atoms with van der Waals surface area (Å²) >= 11 is 0. The van der Waals surface area contributed by atoms with Crippen LogP contribution in [0.3, 0.4) is 0 Å². The zero-order valence-electron chi connectivity index (χ0n) is 25.3. The zero-order valence-corrected chi connectivity index (χ0v) is 25.3. The van der Waals surface area contributed by atoms with Crippen molar-refractivity contribution in [1.82, 2.24) is 29.6 Å². The van der Waals surface area contributed by atoms with Crippen LogP contribution in [0.25, 0.3) is 38.6 Å². The number of hydrogen-bond donors (Lipinski definition) is 2. The molecule has 2 unspecified atom stereocenters. The van der Waals surface area contributed by atoms with Crippen LogP contribution in [-0.4, -0.2) is 80.8 Å². The Labute approximate surface area is 264 Å². The zero-order chi connectivity index (χ0) is 31.2. The van der Waals surface area contributed by atoms with E-state index >= 15 is 4.39 Å². The van der Waals surface area contributed by atoms with E-state index in [4.69, 9.17) is 31.8 Å². The molecule has 7 heterocycles. The lowest BCUT2D eigenvalue weighted by molar-refractivity contribution is 0.107. The van der Waals surface area contributed by atoms with Gasteiger partial charge in [-0.05, 0) is 67.4 Å². The largest absolute Gasteiger partial charge is 0.461 e. The van der Waals surface area contributed by atoms with Crippen molar-refractivity contribution in [3.63, 3.8) is 0 Å². The smallest absolute Gasteiger partial charge is 0.319 e. The highest BCUT2D eigenvalue weighted by atomic mass is 19.1. The van der Waals surface area contributed by atoms with Crippen LogP contribution >= 0.6 is 0 Å². The molecule has 0 saturated carbocycles. The minimum absolute atomic E-state index is 0.171. The molecule has 46 heavy (non-hydrogen) atoms. The second-order valence-electron chi connectivity index (χ2n) is 13.3. The second-order valence-corrected chi connectivity index (χ2v) is 13.3. The number of nitrogen functional groups attached to an aromatic ring is 1. The standard InChI is InChI=1S/C35H34F2N8O/c1-2-25-28(37)7-4-20-12-22(38)13-26(30(20)25)27-14-29-31(44-11-9-40-32(27)44)33(45-23-5-6-24(45)17-39-16-23)42-34(41-29)46-19-35-8-3-10-43(35)18-21(36)15-35/h1,4,7,9,11-14,21,23-24,39H,3,5-6,8,10,15-19,38H2/t21-,23?,24?,35+/m1/s1. The van der Waals surface area contributed by atoms with E-state index in [1.807, 2.05) is 22.7 Å². The van der Waals surface area contributed by atoms with Crippen LogP contribution in [0.5, 0.6) is 6.01 Å². The van der Waals surface area contributed by atoms with Gasteiger partial charge in [-0.3, -0.25) is 9.30 Å². The van der Waals surface area contributed by atoms with Gasteiger partial charge in [0.15, 0.2) is 5.82 Å². The predicted octanol–water partition coefficient (Wildman–Crippen LogP) is 4.70. The fourth-order valence-corrected chi connectivity index (χ4v) is 8.69. The Bertz CT molecular complexity index is 2080. The van der Waals surface area contributed by atoms with Crippen molar-refractivity contribution in [3.8, 4) is 29.5 Å². The maximum Gasteiger partial charge on any atom is 0.319 e. The van der Waals surface area contributed by atoms with Gasteiger partial charge in [-0.2, -0.15) is 9.97 Å². The highest BCUT2D eigenvalue weighted by Gasteiger charge is 2.49. The molecule has 2 bridgehead atoms. The lowest BCUT2D eigenvalue weighted by Gasteiger charge is -2.37. The number of halogens is 2. The van der Waals surface area contributed by atoms with Gasteiger partial charge in [0.1, 0.15) is 29.8 Å². The molecule has 4 atom stereocenters. The molecule has 5 aromatic rings. The molecule has 4 fully saturated rings. The molecule has 0 spiro atoms. The van der Waals surface area contributed by atoms with Crippen LogP contribution < -0.4 is 20.7 Å². The molecule has 3 aromatic heterocycles. The second kappa shape index (κ2) is 10.2. The maximum absolute atomic E-state index is 15.1. The molecule has 4 aliphatic rings. The lowest BCUT2D eigenvalue weighted by Crippen LogP contribution is -2.52. The van der Waals surface area contributed by atoms with Crippen LogP contribution in [-0.2, 0) is 0 Å². The highest BCUT2D eigenvalue weighted by molar-refractivity contribution is 6.07. The summed E-state index contributed by atoms with van der Waals surface area (Å²) in [6.45, 7) is 3.41. The molecule has 9 nitrogen and oxygen atoms in total. The first-order chi connectivity index (χ1) is 22.4. The maximum atomic E-state index is 15.1. The third-order valence-electron chi connectivity index (χ3n) is 10.7. The Balaban J connectivity index is 1.27. The summed E-state index contributed by atoms with van der Waals surface area (Å²) in [6.07, 6.45) is 13.2. The normalized spacial score (nSPS) is 25.9. The number of pyridine rings is 1. The molecule has 0 amide bonds. The fraction of sp³-hybridized carbons (Fsp3) is 0.400. The van der Waals surface area contributed by atoms with Gasteiger partial charge < -0.3 is 20.7 Å².